The van der Waals surface area contributed by atoms with Gasteiger partial charge in [-0.3, -0.25) is 4.90 Å². The minimum Gasteiger partial charge on any atom is -0.431 e. The third-order valence-corrected chi connectivity index (χ3v) is 8.10. The number of thioether (sulfide) groups is 1. The molecule has 0 fully saturated rings. The number of rotatable bonds is 5. The molecule has 6 aromatic rings. The molecular weight excluding hydrogens is 464 g/mol. The predicted octanol–water partition coefficient (Wildman–Crippen LogP) is 5.33. The molecule has 0 atom stereocenters. The van der Waals surface area contributed by atoms with E-state index in [2.05, 4.69) is 45.3 Å². The van der Waals surface area contributed by atoms with Crippen LogP contribution in [0.1, 0.15) is 21.8 Å². The molecule has 0 saturated carbocycles. The van der Waals surface area contributed by atoms with E-state index in [1.54, 1.807) is 17.7 Å². The Kier molecular flexibility index (Phi) is 4.85. The van der Waals surface area contributed by atoms with Gasteiger partial charge in [-0.15, -0.1) is 16.4 Å². The van der Waals surface area contributed by atoms with Crippen molar-refractivity contribution in [2.45, 2.75) is 30.5 Å². The average molecular weight is 485 g/mol. The van der Waals surface area contributed by atoms with Crippen LogP contribution in [0.3, 0.4) is 0 Å². The Morgan fingerprint density at radius 2 is 1.91 bits per heavy atom. The van der Waals surface area contributed by atoms with Crippen molar-refractivity contribution < 1.29 is 4.42 Å². The number of fused-ring (bicyclic) bond motifs is 6. The van der Waals surface area contributed by atoms with E-state index < -0.39 is 0 Å². The van der Waals surface area contributed by atoms with E-state index in [4.69, 9.17) is 14.4 Å². The summed E-state index contributed by atoms with van der Waals surface area (Å²) in [6.07, 6.45) is 2.78. The summed E-state index contributed by atoms with van der Waals surface area (Å²) < 4.78 is 7.64. The van der Waals surface area contributed by atoms with Crippen LogP contribution in [-0.2, 0) is 25.3 Å². The van der Waals surface area contributed by atoms with Crippen LogP contribution in [-0.4, -0.2) is 36.0 Å². The average Bonchev–Trinajstić information content (AvgIpc) is 3.56. The first-order valence-electron chi connectivity index (χ1n) is 11.2. The van der Waals surface area contributed by atoms with Gasteiger partial charge in [-0.05, 0) is 29.7 Å². The van der Waals surface area contributed by atoms with E-state index in [1.165, 1.54) is 27.8 Å². The van der Waals surface area contributed by atoms with Crippen LogP contribution in [0.5, 0.6) is 0 Å². The fraction of sp³-hybridized carbons (Fsp3) is 0.200. The number of oxazole rings is 1. The van der Waals surface area contributed by atoms with Crippen LogP contribution in [0, 0.1) is 0 Å². The number of para-hydroxylation sites is 2. The second-order valence-electron chi connectivity index (χ2n) is 8.41. The molecule has 7 nitrogen and oxygen atoms in total. The van der Waals surface area contributed by atoms with Crippen LogP contribution in [0.4, 0.5) is 0 Å². The largest absolute Gasteiger partial charge is 0.431 e. The number of thiophene rings is 1. The third kappa shape index (κ3) is 3.56. The normalized spacial score (nSPS) is 14.4. The van der Waals surface area contributed by atoms with Gasteiger partial charge in [0, 0.05) is 24.5 Å². The predicted molar refractivity (Wildman–Crippen MR) is 134 cm³/mol. The number of hydrogen-bond acceptors (Lipinski definition) is 8. The molecule has 0 amide bonds. The van der Waals surface area contributed by atoms with Crippen LogP contribution in [0.2, 0.25) is 0 Å². The number of hydrogen-bond donors (Lipinski definition) is 0. The number of nitrogens with zero attached hydrogens (tertiary/aromatic N) is 6. The summed E-state index contributed by atoms with van der Waals surface area (Å²) in [5, 5.41) is 6.47. The SMILES string of the molecule is c1ccc(CN2CCc3c(sc4ncn5nc(CSc6nc7ccccc7o6)nc5c34)C2)cc1. The van der Waals surface area contributed by atoms with Crippen LogP contribution < -0.4 is 0 Å². The molecular formula is C25H20N6OS2. The Morgan fingerprint density at radius 1 is 1.03 bits per heavy atom. The molecule has 2 aromatic carbocycles. The van der Waals surface area contributed by atoms with Gasteiger partial charge in [0.2, 0.25) is 0 Å². The van der Waals surface area contributed by atoms with Gasteiger partial charge in [-0.25, -0.2) is 19.5 Å². The van der Waals surface area contributed by atoms with Crippen LogP contribution >= 0.6 is 23.1 Å². The lowest BCUT2D eigenvalue weighted by Crippen LogP contribution is -2.29. The van der Waals surface area contributed by atoms with Crippen LogP contribution in [0.25, 0.3) is 27.0 Å². The Morgan fingerprint density at radius 3 is 2.82 bits per heavy atom. The highest BCUT2D eigenvalue weighted by molar-refractivity contribution is 7.98. The molecule has 0 unspecified atom stereocenters. The van der Waals surface area contributed by atoms with Gasteiger partial charge in [0.05, 0.1) is 11.1 Å². The Labute approximate surface area is 203 Å². The van der Waals surface area contributed by atoms with E-state index >= 15 is 0 Å². The van der Waals surface area contributed by atoms with Gasteiger partial charge in [-0.1, -0.05) is 54.2 Å². The van der Waals surface area contributed by atoms with E-state index in [0.717, 1.165) is 58.8 Å². The maximum atomic E-state index is 5.82. The molecule has 168 valence electrons. The zero-order valence-corrected chi connectivity index (χ0v) is 19.9. The molecule has 0 saturated heterocycles. The quantitative estimate of drug-likeness (QED) is 0.306. The summed E-state index contributed by atoms with van der Waals surface area (Å²) in [4.78, 5) is 19.1. The molecule has 0 bridgehead atoms. The summed E-state index contributed by atoms with van der Waals surface area (Å²) >= 11 is 3.30. The topological polar surface area (TPSA) is 72.4 Å². The lowest BCUT2D eigenvalue weighted by atomic mass is 10.0. The maximum absolute atomic E-state index is 5.82. The lowest BCUT2D eigenvalue weighted by molar-refractivity contribution is 0.249. The summed E-state index contributed by atoms with van der Waals surface area (Å²) in [5.74, 6) is 1.34. The zero-order valence-electron chi connectivity index (χ0n) is 18.2. The third-order valence-electron chi connectivity index (χ3n) is 6.15. The molecule has 0 N–H and O–H groups in total. The minimum atomic E-state index is 0.590. The van der Waals surface area contributed by atoms with Gasteiger partial charge in [0.1, 0.15) is 16.7 Å². The fourth-order valence-corrected chi connectivity index (χ4v) is 6.48. The van der Waals surface area contributed by atoms with Crippen molar-refractivity contribution in [2.75, 3.05) is 6.54 Å². The molecule has 0 radical (unpaired) electrons. The molecule has 5 heterocycles. The number of benzene rings is 2. The second kappa shape index (κ2) is 8.19. The van der Waals surface area contributed by atoms with E-state index in [-0.39, 0.29) is 0 Å². The van der Waals surface area contributed by atoms with Gasteiger partial charge in [0.25, 0.3) is 5.22 Å². The molecule has 7 rings (SSSR count). The fourth-order valence-electron chi connectivity index (χ4n) is 4.57. The van der Waals surface area contributed by atoms with Gasteiger partial charge < -0.3 is 4.42 Å². The summed E-state index contributed by atoms with van der Waals surface area (Å²) in [6, 6.07) is 18.5. The molecule has 1 aliphatic heterocycles. The minimum absolute atomic E-state index is 0.590. The van der Waals surface area contributed by atoms with Crippen LogP contribution in [0.15, 0.2) is 70.6 Å². The second-order valence-corrected chi connectivity index (χ2v) is 10.4. The highest BCUT2D eigenvalue weighted by Crippen LogP contribution is 2.36. The summed E-state index contributed by atoms with van der Waals surface area (Å²) in [7, 11) is 0. The van der Waals surface area contributed by atoms with Crippen molar-refractivity contribution in [3.8, 4) is 0 Å². The van der Waals surface area contributed by atoms with E-state index in [0.29, 0.717) is 11.0 Å². The Balaban J connectivity index is 1.16. The van der Waals surface area contributed by atoms with E-state index in [9.17, 15) is 0 Å². The summed E-state index contributed by atoms with van der Waals surface area (Å²) in [5.41, 5.74) is 5.29. The van der Waals surface area contributed by atoms with Gasteiger partial charge >= 0.3 is 0 Å². The highest BCUT2D eigenvalue weighted by atomic mass is 32.2. The first kappa shape index (κ1) is 20.1. The molecule has 1 aliphatic rings. The molecule has 34 heavy (non-hydrogen) atoms. The van der Waals surface area contributed by atoms with Crippen molar-refractivity contribution in [3.63, 3.8) is 0 Å². The first-order chi connectivity index (χ1) is 16.8. The smallest absolute Gasteiger partial charge is 0.257 e. The van der Waals surface area contributed by atoms with Gasteiger partial charge in [-0.2, -0.15) is 0 Å². The van der Waals surface area contributed by atoms with Crippen molar-refractivity contribution in [2.24, 2.45) is 0 Å². The molecule has 4 aromatic heterocycles. The van der Waals surface area contributed by atoms with E-state index in [1.807, 2.05) is 28.8 Å². The number of aromatic nitrogens is 5. The lowest BCUT2D eigenvalue weighted by Gasteiger charge is -2.26. The maximum Gasteiger partial charge on any atom is 0.257 e. The van der Waals surface area contributed by atoms with Gasteiger partial charge in [0.15, 0.2) is 17.1 Å². The standard InChI is InChI=1S/C25H20N6OS2/c1-2-6-16(7-3-1)12-30-11-10-17-20(13-30)34-24-22(17)23-28-21(29-31(23)15-26-24)14-33-25-27-18-8-4-5-9-19(18)32-25/h1-9,15H,10-14H2. The van der Waals surface area contributed by atoms with Crippen molar-refractivity contribution in [3.05, 3.63) is 82.8 Å². The van der Waals surface area contributed by atoms with Crippen molar-refractivity contribution in [1.82, 2.24) is 29.5 Å². The molecule has 0 aliphatic carbocycles. The van der Waals surface area contributed by atoms with Crippen molar-refractivity contribution >= 4 is 50.1 Å². The Hall–Kier alpha value is -3.27. The first-order valence-corrected chi connectivity index (χ1v) is 13.0. The van der Waals surface area contributed by atoms with Crippen molar-refractivity contribution in [1.29, 1.82) is 0 Å². The zero-order chi connectivity index (χ0) is 22.5. The Bertz CT molecular complexity index is 1600. The molecule has 9 heteroatoms. The molecule has 0 spiro atoms. The monoisotopic (exact) mass is 484 g/mol. The highest BCUT2D eigenvalue weighted by Gasteiger charge is 2.24. The summed E-state index contributed by atoms with van der Waals surface area (Å²) in [6.45, 7) is 2.95.